The van der Waals surface area contributed by atoms with Gasteiger partial charge in [0.15, 0.2) is 0 Å². The first-order valence-electron chi connectivity index (χ1n) is 10.3. The fraction of sp³-hybridized carbons (Fsp3) is 0.391. The Morgan fingerprint density at radius 3 is 2.63 bits per heavy atom. The molecule has 2 aromatic rings. The van der Waals surface area contributed by atoms with E-state index in [2.05, 4.69) is 5.32 Å². The van der Waals surface area contributed by atoms with Crippen LogP contribution in [-0.2, 0) is 16.0 Å². The number of benzene rings is 2. The van der Waals surface area contributed by atoms with Crippen molar-refractivity contribution in [1.29, 1.82) is 0 Å². The van der Waals surface area contributed by atoms with E-state index in [1.54, 1.807) is 11.0 Å². The summed E-state index contributed by atoms with van der Waals surface area (Å²) in [5.74, 6) is 0.0911. The molecule has 5 nitrogen and oxygen atoms in total. The first kappa shape index (κ1) is 22.5. The van der Waals surface area contributed by atoms with Gasteiger partial charge in [-0.3, -0.25) is 4.90 Å². The summed E-state index contributed by atoms with van der Waals surface area (Å²) in [7, 11) is 0. The number of carbonyl (C=O) groups excluding carboxylic acids is 2. The lowest BCUT2D eigenvalue weighted by molar-refractivity contribution is -0.148. The lowest BCUT2D eigenvalue weighted by Gasteiger charge is -2.29. The zero-order chi connectivity index (χ0) is 21.5. The van der Waals surface area contributed by atoms with Gasteiger partial charge in [0.1, 0.15) is 11.4 Å². The second-order valence-electron chi connectivity index (χ2n) is 7.09. The van der Waals surface area contributed by atoms with Crippen LogP contribution in [0.5, 0.6) is 0 Å². The largest absolute Gasteiger partial charge is 0.464 e. The zero-order valence-corrected chi connectivity index (χ0v) is 18.8. The smallest absolute Gasteiger partial charge is 0.329 e. The topological polar surface area (TPSA) is 58.6 Å². The maximum atomic E-state index is 13.4. The molecule has 0 radical (unpaired) electrons. The SMILES string of the molecule is CCCCOC(=O)C1CSC(c2ccccc2Cl)N1C(=O)Nc1ccccc1CC. The summed E-state index contributed by atoms with van der Waals surface area (Å²) < 4.78 is 5.45. The molecule has 1 aliphatic rings. The van der Waals surface area contributed by atoms with Crippen LogP contribution in [0.1, 0.15) is 43.2 Å². The zero-order valence-electron chi connectivity index (χ0n) is 17.3. The monoisotopic (exact) mass is 446 g/mol. The third kappa shape index (κ3) is 5.10. The summed E-state index contributed by atoms with van der Waals surface area (Å²) in [4.78, 5) is 27.7. The first-order chi connectivity index (χ1) is 14.6. The van der Waals surface area contributed by atoms with Crippen LogP contribution in [0.4, 0.5) is 10.5 Å². The molecule has 30 heavy (non-hydrogen) atoms. The normalized spacial score (nSPS) is 18.3. The highest BCUT2D eigenvalue weighted by Crippen LogP contribution is 2.44. The van der Waals surface area contributed by atoms with E-state index >= 15 is 0 Å². The van der Waals surface area contributed by atoms with Gasteiger partial charge in [-0.15, -0.1) is 11.8 Å². The van der Waals surface area contributed by atoms with E-state index in [4.69, 9.17) is 16.3 Å². The van der Waals surface area contributed by atoms with Crippen LogP contribution in [0.25, 0.3) is 0 Å². The van der Waals surface area contributed by atoms with Crippen molar-refractivity contribution in [3.05, 3.63) is 64.7 Å². The molecule has 0 aromatic heterocycles. The van der Waals surface area contributed by atoms with Gasteiger partial charge >= 0.3 is 12.0 Å². The number of aryl methyl sites for hydroxylation is 1. The molecule has 7 heteroatoms. The Bertz CT molecular complexity index is 892. The Balaban J connectivity index is 1.88. The van der Waals surface area contributed by atoms with E-state index in [1.807, 2.05) is 56.3 Å². The molecule has 0 saturated carbocycles. The van der Waals surface area contributed by atoms with Crippen LogP contribution in [0.3, 0.4) is 0 Å². The molecule has 0 spiro atoms. The fourth-order valence-electron chi connectivity index (χ4n) is 3.39. The van der Waals surface area contributed by atoms with Gasteiger partial charge in [-0.1, -0.05) is 68.3 Å². The van der Waals surface area contributed by atoms with E-state index in [-0.39, 0.29) is 17.4 Å². The van der Waals surface area contributed by atoms with Gasteiger partial charge < -0.3 is 10.1 Å². The molecule has 1 heterocycles. The molecule has 160 valence electrons. The predicted octanol–water partition coefficient (Wildman–Crippen LogP) is 5.89. The first-order valence-corrected chi connectivity index (χ1v) is 11.7. The highest BCUT2D eigenvalue weighted by Gasteiger charge is 2.44. The number of rotatable bonds is 7. The van der Waals surface area contributed by atoms with Crippen LogP contribution in [0.2, 0.25) is 5.02 Å². The number of carbonyl (C=O) groups is 2. The van der Waals surface area contributed by atoms with E-state index in [0.29, 0.717) is 17.4 Å². The number of hydrogen-bond donors (Lipinski definition) is 1. The Morgan fingerprint density at radius 1 is 1.17 bits per heavy atom. The maximum Gasteiger partial charge on any atom is 0.329 e. The van der Waals surface area contributed by atoms with Gasteiger partial charge in [0.2, 0.25) is 0 Å². The van der Waals surface area contributed by atoms with Crippen molar-refractivity contribution in [1.82, 2.24) is 4.90 Å². The summed E-state index contributed by atoms with van der Waals surface area (Å²) in [6.45, 7) is 4.44. The predicted molar refractivity (Wildman–Crippen MR) is 123 cm³/mol. The summed E-state index contributed by atoms with van der Waals surface area (Å²) in [6, 6.07) is 14.1. The third-order valence-corrected chi connectivity index (χ3v) is 6.71. The molecule has 2 amide bonds. The number of para-hydroxylation sites is 1. The van der Waals surface area contributed by atoms with Crippen molar-refractivity contribution in [3.63, 3.8) is 0 Å². The summed E-state index contributed by atoms with van der Waals surface area (Å²) >= 11 is 7.95. The van der Waals surface area contributed by atoms with Gasteiger partial charge in [0, 0.05) is 22.0 Å². The number of esters is 1. The van der Waals surface area contributed by atoms with Crippen molar-refractivity contribution in [2.45, 2.75) is 44.5 Å². The van der Waals surface area contributed by atoms with Gasteiger partial charge in [-0.05, 0) is 30.5 Å². The van der Waals surface area contributed by atoms with Crippen LogP contribution < -0.4 is 5.32 Å². The number of nitrogens with zero attached hydrogens (tertiary/aromatic N) is 1. The van der Waals surface area contributed by atoms with E-state index in [1.165, 1.54) is 11.8 Å². The molecular formula is C23H27ClN2O3S. The Hall–Kier alpha value is -2.18. The van der Waals surface area contributed by atoms with Crippen molar-refractivity contribution in [2.75, 3.05) is 17.7 Å². The summed E-state index contributed by atoms with van der Waals surface area (Å²) in [5, 5.41) is 3.20. The van der Waals surface area contributed by atoms with Gasteiger partial charge in [-0.2, -0.15) is 0 Å². The molecular weight excluding hydrogens is 420 g/mol. The summed E-state index contributed by atoms with van der Waals surface area (Å²) in [5.41, 5.74) is 2.60. The molecule has 1 saturated heterocycles. The minimum atomic E-state index is -0.665. The highest BCUT2D eigenvalue weighted by atomic mass is 35.5. The lowest BCUT2D eigenvalue weighted by atomic mass is 10.1. The number of anilines is 1. The molecule has 1 fully saturated rings. The number of nitrogens with one attached hydrogen (secondary N) is 1. The van der Waals surface area contributed by atoms with Crippen LogP contribution in [-0.4, -0.2) is 35.3 Å². The molecule has 2 aromatic carbocycles. The maximum absolute atomic E-state index is 13.4. The van der Waals surface area contributed by atoms with Gasteiger partial charge in [0.05, 0.1) is 6.61 Å². The average molecular weight is 447 g/mol. The average Bonchev–Trinajstić information content (AvgIpc) is 3.19. The third-order valence-electron chi connectivity index (χ3n) is 5.06. The molecule has 1 N–H and O–H groups in total. The second kappa shape index (κ2) is 10.7. The standard InChI is InChI=1S/C23H27ClN2O3S/c1-3-5-14-29-22(27)20-15-30-21(17-11-7-8-12-18(17)24)26(20)23(28)25-19-13-9-6-10-16(19)4-2/h6-13,20-21H,3-5,14-15H2,1-2H3,(H,25,28). The Labute approximate surface area is 187 Å². The highest BCUT2D eigenvalue weighted by molar-refractivity contribution is 7.99. The summed E-state index contributed by atoms with van der Waals surface area (Å²) in [6.07, 6.45) is 2.53. The number of amides is 2. The number of urea groups is 1. The van der Waals surface area contributed by atoms with Crippen LogP contribution in [0.15, 0.2) is 48.5 Å². The molecule has 3 rings (SSSR count). The number of thioether (sulfide) groups is 1. The lowest BCUT2D eigenvalue weighted by Crippen LogP contribution is -2.46. The van der Waals surface area contributed by atoms with Gasteiger partial charge in [-0.25, -0.2) is 9.59 Å². The minimum absolute atomic E-state index is 0.330. The fourth-order valence-corrected chi connectivity index (χ4v) is 5.15. The second-order valence-corrected chi connectivity index (χ2v) is 8.61. The quantitative estimate of drug-likeness (QED) is 0.425. The number of hydrogen-bond acceptors (Lipinski definition) is 4. The van der Waals surface area contributed by atoms with E-state index in [0.717, 1.165) is 36.1 Å². The van der Waals surface area contributed by atoms with E-state index < -0.39 is 6.04 Å². The molecule has 2 unspecified atom stereocenters. The van der Waals surface area contributed by atoms with Crippen LogP contribution >= 0.6 is 23.4 Å². The Morgan fingerprint density at radius 2 is 1.90 bits per heavy atom. The Kier molecular flexibility index (Phi) is 8.05. The molecule has 0 aliphatic carbocycles. The van der Waals surface area contributed by atoms with Crippen molar-refractivity contribution < 1.29 is 14.3 Å². The van der Waals surface area contributed by atoms with Crippen molar-refractivity contribution in [3.8, 4) is 0 Å². The van der Waals surface area contributed by atoms with E-state index in [9.17, 15) is 9.59 Å². The molecule has 2 atom stereocenters. The van der Waals surface area contributed by atoms with Crippen molar-refractivity contribution >= 4 is 41.1 Å². The number of ether oxygens (including phenoxy) is 1. The minimum Gasteiger partial charge on any atom is -0.464 e. The van der Waals surface area contributed by atoms with Crippen LogP contribution in [0, 0.1) is 0 Å². The molecule has 1 aliphatic heterocycles. The molecule has 0 bridgehead atoms. The number of halogens is 1. The van der Waals surface area contributed by atoms with Crippen molar-refractivity contribution in [2.24, 2.45) is 0 Å². The number of unbranched alkanes of at least 4 members (excludes halogenated alkanes) is 1. The van der Waals surface area contributed by atoms with Gasteiger partial charge in [0.25, 0.3) is 0 Å².